The molecule has 1 aromatic heterocycles. The summed E-state index contributed by atoms with van der Waals surface area (Å²) in [5.41, 5.74) is 0.918. The van der Waals surface area contributed by atoms with Gasteiger partial charge >= 0.3 is 0 Å². The maximum absolute atomic E-state index is 5.47. The van der Waals surface area contributed by atoms with Gasteiger partial charge in [0.15, 0.2) is 11.5 Å². The molecule has 3 nitrogen and oxygen atoms in total. The maximum Gasteiger partial charge on any atom is 0.163 e. The zero-order valence-corrected chi connectivity index (χ0v) is 8.86. The summed E-state index contributed by atoms with van der Waals surface area (Å²) in [7, 11) is 1.64. The van der Waals surface area contributed by atoms with Gasteiger partial charge in [-0.25, -0.2) is 0 Å². The molecule has 15 heavy (non-hydrogen) atoms. The fraction of sp³-hybridized carbons (Fsp3) is 0.250. The number of pyridine rings is 1. The molecule has 78 valence electrons. The number of aromatic nitrogens is 1. The molecule has 0 fully saturated rings. The first kappa shape index (κ1) is 9.77. The van der Waals surface area contributed by atoms with Gasteiger partial charge in [-0.2, -0.15) is 0 Å². The number of benzene rings is 1. The predicted molar refractivity (Wildman–Crippen MR) is 59.5 cm³/mol. The van der Waals surface area contributed by atoms with Crippen molar-refractivity contribution in [1.82, 2.24) is 4.98 Å². The quantitative estimate of drug-likeness (QED) is 0.768. The zero-order chi connectivity index (χ0) is 10.7. The lowest BCUT2D eigenvalue weighted by molar-refractivity contribution is 0.311. The number of ether oxygens (including phenoxy) is 2. The van der Waals surface area contributed by atoms with Gasteiger partial charge in [-0.15, -0.1) is 0 Å². The van der Waals surface area contributed by atoms with E-state index < -0.39 is 0 Å². The van der Waals surface area contributed by atoms with Crippen LogP contribution in [0.5, 0.6) is 11.5 Å². The highest BCUT2D eigenvalue weighted by Gasteiger charge is 2.06. The molecule has 0 saturated carbocycles. The fourth-order valence-electron chi connectivity index (χ4n) is 1.51. The van der Waals surface area contributed by atoms with Crippen molar-refractivity contribution in [3.63, 3.8) is 0 Å². The molecule has 2 aromatic rings. The van der Waals surface area contributed by atoms with E-state index in [0.29, 0.717) is 6.61 Å². The summed E-state index contributed by atoms with van der Waals surface area (Å²) in [5.74, 6) is 1.49. The van der Waals surface area contributed by atoms with Crippen LogP contribution in [0.3, 0.4) is 0 Å². The van der Waals surface area contributed by atoms with Crippen molar-refractivity contribution in [2.75, 3.05) is 13.7 Å². The van der Waals surface area contributed by atoms with E-state index in [9.17, 15) is 0 Å². The van der Waals surface area contributed by atoms with Gasteiger partial charge in [0.05, 0.1) is 19.2 Å². The molecule has 0 bridgehead atoms. The van der Waals surface area contributed by atoms with Gasteiger partial charge < -0.3 is 9.47 Å². The van der Waals surface area contributed by atoms with E-state index in [0.717, 1.165) is 22.4 Å². The van der Waals surface area contributed by atoms with Crippen molar-refractivity contribution >= 4 is 10.9 Å². The Morgan fingerprint density at radius 1 is 1.27 bits per heavy atom. The van der Waals surface area contributed by atoms with Crippen molar-refractivity contribution in [3.05, 3.63) is 30.5 Å². The topological polar surface area (TPSA) is 31.4 Å². The summed E-state index contributed by atoms with van der Waals surface area (Å²) in [4.78, 5) is 4.26. The van der Waals surface area contributed by atoms with Crippen LogP contribution in [0.15, 0.2) is 30.5 Å². The molecule has 0 aliphatic carbocycles. The van der Waals surface area contributed by atoms with Gasteiger partial charge in [0.25, 0.3) is 0 Å². The molecule has 0 radical (unpaired) electrons. The molecule has 0 aliphatic heterocycles. The molecule has 0 atom stereocenters. The van der Waals surface area contributed by atoms with Crippen LogP contribution < -0.4 is 9.47 Å². The molecule has 3 heteroatoms. The molecule has 2 rings (SSSR count). The molecule has 0 aliphatic rings. The summed E-state index contributed by atoms with van der Waals surface area (Å²) in [6.45, 7) is 2.57. The summed E-state index contributed by atoms with van der Waals surface area (Å²) < 4.78 is 10.7. The molecular weight excluding hydrogens is 190 g/mol. The molecule has 1 aromatic carbocycles. The highest BCUT2D eigenvalue weighted by atomic mass is 16.5. The third-order valence-electron chi connectivity index (χ3n) is 2.19. The Balaban J connectivity index is 2.58. The Bertz CT molecular complexity index is 468. The van der Waals surface area contributed by atoms with E-state index in [-0.39, 0.29) is 0 Å². The first-order valence-corrected chi connectivity index (χ1v) is 4.90. The molecule has 0 amide bonds. The molecular formula is C12H13NO2. The average molecular weight is 203 g/mol. The first-order chi connectivity index (χ1) is 7.35. The van der Waals surface area contributed by atoms with Gasteiger partial charge in [-0.3, -0.25) is 4.98 Å². The van der Waals surface area contributed by atoms with Crippen LogP contribution in [0.2, 0.25) is 0 Å². The van der Waals surface area contributed by atoms with Gasteiger partial charge in [0.2, 0.25) is 0 Å². The third kappa shape index (κ3) is 1.86. The monoisotopic (exact) mass is 203 g/mol. The van der Waals surface area contributed by atoms with Gasteiger partial charge in [-0.1, -0.05) is 6.07 Å². The Kier molecular flexibility index (Phi) is 2.72. The van der Waals surface area contributed by atoms with Crippen molar-refractivity contribution in [1.29, 1.82) is 0 Å². The highest BCUT2D eigenvalue weighted by Crippen LogP contribution is 2.31. The lowest BCUT2D eigenvalue weighted by Crippen LogP contribution is -1.95. The summed E-state index contributed by atoms with van der Waals surface area (Å²) in [6.07, 6.45) is 1.77. The van der Waals surface area contributed by atoms with E-state index in [1.165, 1.54) is 0 Å². The lowest BCUT2D eigenvalue weighted by atomic mass is 10.2. The zero-order valence-electron chi connectivity index (χ0n) is 8.86. The number of rotatable bonds is 3. The minimum atomic E-state index is 0.620. The van der Waals surface area contributed by atoms with E-state index in [1.807, 2.05) is 31.2 Å². The number of hydrogen-bond acceptors (Lipinski definition) is 3. The minimum Gasteiger partial charge on any atom is -0.493 e. The molecule has 0 unspecified atom stereocenters. The molecule has 0 N–H and O–H groups in total. The van der Waals surface area contributed by atoms with Crippen molar-refractivity contribution in [2.45, 2.75) is 6.92 Å². The van der Waals surface area contributed by atoms with E-state index in [4.69, 9.17) is 9.47 Å². The second kappa shape index (κ2) is 4.17. The number of fused-ring (bicyclic) bond motifs is 1. The molecule has 0 saturated heterocycles. The van der Waals surface area contributed by atoms with Crippen LogP contribution in [0, 0.1) is 0 Å². The third-order valence-corrected chi connectivity index (χ3v) is 2.19. The highest BCUT2D eigenvalue weighted by molar-refractivity contribution is 5.82. The SMILES string of the molecule is CCOc1cc2ncccc2cc1OC. The smallest absolute Gasteiger partial charge is 0.163 e. The summed E-state index contributed by atoms with van der Waals surface area (Å²) >= 11 is 0. The van der Waals surface area contributed by atoms with E-state index in [2.05, 4.69) is 4.98 Å². The van der Waals surface area contributed by atoms with Gasteiger partial charge in [0, 0.05) is 17.6 Å². The first-order valence-electron chi connectivity index (χ1n) is 4.90. The minimum absolute atomic E-state index is 0.620. The van der Waals surface area contributed by atoms with Crippen LogP contribution in [-0.4, -0.2) is 18.7 Å². The van der Waals surface area contributed by atoms with Crippen LogP contribution in [0.1, 0.15) is 6.92 Å². The normalized spacial score (nSPS) is 10.3. The second-order valence-corrected chi connectivity index (χ2v) is 3.13. The molecule has 1 heterocycles. The predicted octanol–water partition coefficient (Wildman–Crippen LogP) is 2.64. The second-order valence-electron chi connectivity index (χ2n) is 3.13. The Labute approximate surface area is 88.7 Å². The van der Waals surface area contributed by atoms with Crippen LogP contribution in [0.4, 0.5) is 0 Å². The number of methoxy groups -OCH3 is 1. The summed E-state index contributed by atoms with van der Waals surface area (Å²) in [6, 6.07) is 7.74. The number of nitrogens with zero attached hydrogens (tertiary/aromatic N) is 1. The Hall–Kier alpha value is -1.77. The van der Waals surface area contributed by atoms with Gasteiger partial charge in [0.1, 0.15) is 0 Å². The van der Waals surface area contributed by atoms with Crippen LogP contribution >= 0.6 is 0 Å². The fourth-order valence-corrected chi connectivity index (χ4v) is 1.51. The van der Waals surface area contributed by atoms with E-state index in [1.54, 1.807) is 13.3 Å². The largest absolute Gasteiger partial charge is 0.493 e. The van der Waals surface area contributed by atoms with Crippen LogP contribution in [0.25, 0.3) is 10.9 Å². The number of hydrogen-bond donors (Lipinski definition) is 0. The average Bonchev–Trinajstić information content (AvgIpc) is 2.28. The standard InChI is InChI=1S/C12H13NO2/c1-3-15-12-8-10-9(5-4-6-13-10)7-11(12)14-2/h4-8H,3H2,1-2H3. The van der Waals surface area contributed by atoms with Crippen molar-refractivity contribution in [3.8, 4) is 11.5 Å². The molecule has 0 spiro atoms. The Morgan fingerprint density at radius 3 is 2.87 bits per heavy atom. The van der Waals surface area contributed by atoms with Crippen molar-refractivity contribution in [2.24, 2.45) is 0 Å². The van der Waals surface area contributed by atoms with Gasteiger partial charge in [-0.05, 0) is 19.1 Å². The maximum atomic E-state index is 5.47. The van der Waals surface area contributed by atoms with Crippen LogP contribution in [-0.2, 0) is 0 Å². The Morgan fingerprint density at radius 2 is 2.13 bits per heavy atom. The van der Waals surface area contributed by atoms with E-state index >= 15 is 0 Å². The lowest BCUT2D eigenvalue weighted by Gasteiger charge is -2.09. The van der Waals surface area contributed by atoms with Crippen molar-refractivity contribution < 1.29 is 9.47 Å². The summed E-state index contributed by atoms with van der Waals surface area (Å²) in [5, 5.41) is 1.05.